The van der Waals surface area contributed by atoms with Crippen LogP contribution < -0.4 is 5.32 Å². The molecule has 1 aliphatic rings. The average Bonchev–Trinajstić information content (AvgIpc) is 2.28. The molecule has 1 saturated carbocycles. The fourth-order valence-electron chi connectivity index (χ4n) is 2.65. The number of hydrogen-bond acceptors (Lipinski definition) is 2. The molecule has 96 valence electrons. The molecule has 2 nitrogen and oxygen atoms in total. The van der Waals surface area contributed by atoms with Gasteiger partial charge in [-0.15, -0.1) is 0 Å². The van der Waals surface area contributed by atoms with Crippen molar-refractivity contribution in [2.45, 2.75) is 83.9 Å². The quantitative estimate of drug-likeness (QED) is 0.731. The predicted molar refractivity (Wildman–Crippen MR) is 69.5 cm³/mol. The average molecular weight is 227 g/mol. The van der Waals surface area contributed by atoms with Gasteiger partial charge in [0.25, 0.3) is 0 Å². The Bertz CT molecular complexity index is 184. The van der Waals surface area contributed by atoms with E-state index in [1.54, 1.807) is 0 Å². The van der Waals surface area contributed by atoms with Crippen molar-refractivity contribution in [3.8, 4) is 0 Å². The van der Waals surface area contributed by atoms with E-state index in [1.165, 1.54) is 32.1 Å². The van der Waals surface area contributed by atoms with Gasteiger partial charge in [-0.25, -0.2) is 0 Å². The Hall–Kier alpha value is -0.0800. The molecule has 1 aliphatic carbocycles. The minimum absolute atomic E-state index is 0.0626. The highest BCUT2D eigenvalue weighted by Gasteiger charge is 2.22. The second-order valence-corrected chi connectivity index (χ2v) is 5.54. The first kappa shape index (κ1) is 14.0. The summed E-state index contributed by atoms with van der Waals surface area (Å²) in [5.74, 6) is 0.811. The molecule has 0 radical (unpaired) electrons. The zero-order valence-electron chi connectivity index (χ0n) is 11.2. The van der Waals surface area contributed by atoms with Gasteiger partial charge >= 0.3 is 0 Å². The molecular formula is C14H29NO. The van der Waals surface area contributed by atoms with Crippen molar-refractivity contribution in [1.82, 2.24) is 5.32 Å². The largest absolute Gasteiger partial charge is 0.393 e. The first-order chi connectivity index (χ1) is 7.65. The van der Waals surface area contributed by atoms with Crippen LogP contribution in [0.4, 0.5) is 0 Å². The maximum Gasteiger partial charge on any atom is 0.0555 e. The molecule has 0 spiro atoms. The van der Waals surface area contributed by atoms with E-state index in [1.807, 2.05) is 0 Å². The third-order valence-corrected chi connectivity index (χ3v) is 3.99. The number of hydrogen-bond donors (Lipinski definition) is 2. The third kappa shape index (κ3) is 4.84. The lowest BCUT2D eigenvalue weighted by molar-refractivity contribution is 0.107. The molecule has 0 aromatic carbocycles. The fourth-order valence-corrected chi connectivity index (χ4v) is 2.65. The van der Waals surface area contributed by atoms with Crippen LogP contribution in [0.1, 0.15) is 65.7 Å². The number of nitrogens with one attached hydrogen (secondary N) is 1. The highest BCUT2D eigenvalue weighted by atomic mass is 16.3. The fraction of sp³-hybridized carbons (Fsp3) is 1.00. The molecule has 0 aliphatic heterocycles. The molecule has 16 heavy (non-hydrogen) atoms. The molecule has 1 rings (SSSR count). The van der Waals surface area contributed by atoms with E-state index in [-0.39, 0.29) is 6.10 Å². The van der Waals surface area contributed by atoms with Crippen molar-refractivity contribution in [3.63, 3.8) is 0 Å². The van der Waals surface area contributed by atoms with Gasteiger partial charge in [-0.05, 0) is 44.4 Å². The van der Waals surface area contributed by atoms with Crippen LogP contribution in [0.25, 0.3) is 0 Å². The van der Waals surface area contributed by atoms with Gasteiger partial charge in [0.15, 0.2) is 0 Å². The van der Waals surface area contributed by atoms with E-state index in [0.717, 1.165) is 18.8 Å². The Morgan fingerprint density at radius 3 is 2.56 bits per heavy atom. The van der Waals surface area contributed by atoms with Crippen LogP contribution in [-0.4, -0.2) is 23.3 Å². The van der Waals surface area contributed by atoms with Crippen LogP contribution in [0.5, 0.6) is 0 Å². The monoisotopic (exact) mass is 227 g/mol. The summed E-state index contributed by atoms with van der Waals surface area (Å²) in [7, 11) is 0. The summed E-state index contributed by atoms with van der Waals surface area (Å²) < 4.78 is 0. The Kier molecular flexibility index (Phi) is 6.37. The first-order valence-corrected chi connectivity index (χ1v) is 7.09. The smallest absolute Gasteiger partial charge is 0.0555 e. The van der Waals surface area contributed by atoms with Gasteiger partial charge in [0.2, 0.25) is 0 Å². The van der Waals surface area contributed by atoms with Crippen LogP contribution >= 0.6 is 0 Å². The third-order valence-electron chi connectivity index (χ3n) is 3.99. The summed E-state index contributed by atoms with van der Waals surface area (Å²) in [6.07, 6.45) is 8.07. The van der Waals surface area contributed by atoms with Crippen molar-refractivity contribution < 1.29 is 5.11 Å². The Morgan fingerprint density at radius 1 is 1.25 bits per heavy atom. The molecule has 0 amide bonds. The highest BCUT2D eigenvalue weighted by Crippen LogP contribution is 2.20. The second-order valence-electron chi connectivity index (χ2n) is 5.54. The molecule has 2 N–H and O–H groups in total. The molecular weight excluding hydrogens is 198 g/mol. The maximum atomic E-state index is 9.65. The van der Waals surface area contributed by atoms with Crippen LogP contribution in [0.3, 0.4) is 0 Å². The van der Waals surface area contributed by atoms with E-state index in [0.29, 0.717) is 12.1 Å². The Labute approximate surface area is 101 Å². The van der Waals surface area contributed by atoms with Gasteiger partial charge in [-0.3, -0.25) is 0 Å². The minimum atomic E-state index is -0.0626. The van der Waals surface area contributed by atoms with Gasteiger partial charge in [-0.1, -0.05) is 27.2 Å². The topological polar surface area (TPSA) is 32.3 Å². The SMILES string of the molecule is CCC(C)CC(CC)NC1CCCC(O)C1. The first-order valence-electron chi connectivity index (χ1n) is 7.09. The number of rotatable bonds is 6. The van der Waals surface area contributed by atoms with Gasteiger partial charge < -0.3 is 10.4 Å². The normalized spacial score (nSPS) is 30.0. The van der Waals surface area contributed by atoms with Gasteiger partial charge in [0.05, 0.1) is 6.10 Å². The molecule has 1 fully saturated rings. The summed E-state index contributed by atoms with van der Waals surface area (Å²) in [6.45, 7) is 6.86. The lowest BCUT2D eigenvalue weighted by Crippen LogP contribution is -2.42. The van der Waals surface area contributed by atoms with Crippen LogP contribution in [-0.2, 0) is 0 Å². The maximum absolute atomic E-state index is 9.65. The molecule has 2 heteroatoms. The standard InChI is InChI=1S/C14H29NO/c1-4-11(3)9-12(5-2)15-13-7-6-8-14(16)10-13/h11-16H,4-10H2,1-3H3. The Balaban J connectivity index is 2.31. The predicted octanol–water partition coefficient (Wildman–Crippen LogP) is 3.09. The van der Waals surface area contributed by atoms with Crippen molar-refractivity contribution in [2.75, 3.05) is 0 Å². The van der Waals surface area contributed by atoms with Crippen molar-refractivity contribution in [2.24, 2.45) is 5.92 Å². The van der Waals surface area contributed by atoms with E-state index < -0.39 is 0 Å². The van der Waals surface area contributed by atoms with Crippen molar-refractivity contribution in [3.05, 3.63) is 0 Å². The molecule has 0 aromatic heterocycles. The van der Waals surface area contributed by atoms with Gasteiger partial charge in [0.1, 0.15) is 0 Å². The summed E-state index contributed by atoms with van der Waals surface area (Å²) in [4.78, 5) is 0. The van der Waals surface area contributed by atoms with Crippen LogP contribution in [0.2, 0.25) is 0 Å². The summed E-state index contributed by atoms with van der Waals surface area (Å²) >= 11 is 0. The van der Waals surface area contributed by atoms with E-state index >= 15 is 0 Å². The van der Waals surface area contributed by atoms with Crippen LogP contribution in [0, 0.1) is 5.92 Å². The second kappa shape index (κ2) is 7.29. The zero-order chi connectivity index (χ0) is 12.0. The summed E-state index contributed by atoms with van der Waals surface area (Å²) in [5, 5.41) is 13.4. The van der Waals surface area contributed by atoms with Crippen molar-refractivity contribution >= 4 is 0 Å². The lowest BCUT2D eigenvalue weighted by Gasteiger charge is -2.31. The van der Waals surface area contributed by atoms with Gasteiger partial charge in [-0.2, -0.15) is 0 Å². The van der Waals surface area contributed by atoms with E-state index in [4.69, 9.17) is 0 Å². The molecule has 4 unspecified atom stereocenters. The zero-order valence-corrected chi connectivity index (χ0v) is 11.2. The van der Waals surface area contributed by atoms with Crippen molar-refractivity contribution in [1.29, 1.82) is 0 Å². The molecule has 0 aromatic rings. The lowest BCUT2D eigenvalue weighted by atomic mass is 9.90. The molecule has 0 bridgehead atoms. The number of aliphatic hydroxyl groups excluding tert-OH is 1. The molecule has 0 heterocycles. The Morgan fingerprint density at radius 2 is 2.00 bits per heavy atom. The van der Waals surface area contributed by atoms with E-state index in [9.17, 15) is 5.11 Å². The summed E-state index contributed by atoms with van der Waals surface area (Å²) in [5.41, 5.74) is 0. The molecule has 4 atom stereocenters. The molecule has 0 saturated heterocycles. The minimum Gasteiger partial charge on any atom is -0.393 e. The van der Waals surface area contributed by atoms with Gasteiger partial charge in [0, 0.05) is 12.1 Å². The number of aliphatic hydroxyl groups is 1. The highest BCUT2D eigenvalue weighted by molar-refractivity contribution is 4.81. The van der Waals surface area contributed by atoms with Crippen LogP contribution in [0.15, 0.2) is 0 Å². The summed E-state index contributed by atoms with van der Waals surface area (Å²) in [6, 6.07) is 1.20. The van der Waals surface area contributed by atoms with E-state index in [2.05, 4.69) is 26.1 Å².